The van der Waals surface area contributed by atoms with Gasteiger partial charge in [0.25, 0.3) is 5.91 Å². The number of hydrogen-bond donors (Lipinski definition) is 1. The van der Waals surface area contributed by atoms with Crippen LogP contribution in [0.3, 0.4) is 0 Å². The second-order valence-corrected chi connectivity index (χ2v) is 6.96. The van der Waals surface area contributed by atoms with Gasteiger partial charge in [0.2, 0.25) is 0 Å². The smallest absolute Gasteiger partial charge is 0.276 e. The number of amides is 1. The molecule has 0 aliphatic carbocycles. The van der Waals surface area contributed by atoms with Crippen LogP contribution in [0.15, 0.2) is 22.9 Å². The number of pyridine rings is 1. The first-order valence-electron chi connectivity index (χ1n) is 6.34. The second-order valence-electron chi connectivity index (χ2n) is 4.81. The molecule has 0 aliphatic heterocycles. The highest BCUT2D eigenvalue weighted by atomic mass is 79.9. The molecule has 0 fully saturated rings. The number of nitrogens with zero attached hydrogens (tertiary/aromatic N) is 3. The van der Waals surface area contributed by atoms with Crippen LogP contribution in [0.2, 0.25) is 0 Å². The van der Waals surface area contributed by atoms with Crippen LogP contribution < -0.4 is 5.32 Å². The molecule has 3 aromatic heterocycles. The fourth-order valence-corrected chi connectivity index (χ4v) is 3.43. The zero-order valence-electron chi connectivity index (χ0n) is 11.8. The first-order valence-corrected chi connectivity index (χ1v) is 7.95. The minimum Gasteiger partial charge on any atom is -0.296 e. The van der Waals surface area contributed by atoms with E-state index in [9.17, 15) is 4.79 Å². The van der Waals surface area contributed by atoms with Gasteiger partial charge in [-0.05, 0) is 48.3 Å². The number of imidazole rings is 1. The Balaban J connectivity index is 2.07. The van der Waals surface area contributed by atoms with Gasteiger partial charge in [0.15, 0.2) is 5.13 Å². The molecule has 7 heteroatoms. The molecular weight excluding hydrogens is 352 g/mol. The molecule has 0 radical (unpaired) electrons. The Hall–Kier alpha value is -1.73. The molecule has 3 heterocycles. The van der Waals surface area contributed by atoms with Crippen LogP contribution in [0.25, 0.3) is 5.65 Å². The predicted octanol–water partition coefficient (Wildman–Crippen LogP) is 3.73. The maximum atomic E-state index is 12.5. The standard InChI is InChI=1S/C14H13BrN4OS/c1-7-4-10(15)6-19-11(9(3)17-12(7)19)13(20)18-14-16-5-8(2)21-14/h4-6H,1-3H3,(H,16,18,20). The number of hydrogen-bond acceptors (Lipinski definition) is 4. The first kappa shape index (κ1) is 14.2. The van der Waals surface area contributed by atoms with Crippen LogP contribution in [0.1, 0.15) is 26.6 Å². The van der Waals surface area contributed by atoms with Crippen molar-refractivity contribution in [2.75, 3.05) is 5.32 Å². The summed E-state index contributed by atoms with van der Waals surface area (Å²) in [7, 11) is 0. The molecule has 21 heavy (non-hydrogen) atoms. The van der Waals surface area contributed by atoms with Crippen LogP contribution in [-0.4, -0.2) is 20.3 Å². The topological polar surface area (TPSA) is 59.3 Å². The summed E-state index contributed by atoms with van der Waals surface area (Å²) in [6, 6.07) is 1.98. The first-order chi connectivity index (χ1) is 9.95. The van der Waals surface area contributed by atoms with E-state index in [1.807, 2.05) is 37.4 Å². The van der Waals surface area contributed by atoms with Gasteiger partial charge in [-0.25, -0.2) is 9.97 Å². The number of aromatic nitrogens is 3. The van der Waals surface area contributed by atoms with Crippen LogP contribution in [0, 0.1) is 20.8 Å². The molecule has 0 bridgehead atoms. The number of nitrogens with one attached hydrogen (secondary N) is 1. The van der Waals surface area contributed by atoms with Crippen LogP contribution in [0.5, 0.6) is 0 Å². The Labute approximate surface area is 134 Å². The van der Waals surface area contributed by atoms with E-state index in [0.29, 0.717) is 16.5 Å². The van der Waals surface area contributed by atoms with Crippen molar-refractivity contribution in [3.63, 3.8) is 0 Å². The number of rotatable bonds is 2. The number of aryl methyl sites for hydroxylation is 3. The summed E-state index contributed by atoms with van der Waals surface area (Å²) >= 11 is 4.90. The molecule has 0 spiro atoms. The lowest BCUT2D eigenvalue weighted by atomic mass is 10.3. The Morgan fingerprint density at radius 3 is 2.81 bits per heavy atom. The van der Waals surface area contributed by atoms with Gasteiger partial charge in [0.1, 0.15) is 11.3 Å². The summed E-state index contributed by atoms with van der Waals surface area (Å²) in [4.78, 5) is 22.2. The number of halogens is 1. The molecule has 0 aliphatic rings. The van der Waals surface area contributed by atoms with Gasteiger partial charge < -0.3 is 0 Å². The number of fused-ring (bicyclic) bond motifs is 1. The van der Waals surface area contributed by atoms with Gasteiger partial charge >= 0.3 is 0 Å². The van der Waals surface area contributed by atoms with E-state index >= 15 is 0 Å². The average Bonchev–Trinajstić information content (AvgIpc) is 2.92. The summed E-state index contributed by atoms with van der Waals surface area (Å²) in [5.41, 5.74) is 3.03. The highest BCUT2D eigenvalue weighted by Crippen LogP contribution is 2.22. The van der Waals surface area contributed by atoms with Crippen molar-refractivity contribution >= 4 is 44.0 Å². The predicted molar refractivity (Wildman–Crippen MR) is 87.2 cm³/mol. The molecule has 108 valence electrons. The fraction of sp³-hybridized carbons (Fsp3) is 0.214. The maximum Gasteiger partial charge on any atom is 0.276 e. The second kappa shape index (κ2) is 5.23. The molecule has 3 rings (SSSR count). The molecule has 1 N–H and O–H groups in total. The molecule has 3 aromatic rings. The van der Waals surface area contributed by atoms with Crippen LogP contribution in [-0.2, 0) is 0 Å². The van der Waals surface area contributed by atoms with Gasteiger partial charge in [0, 0.05) is 21.7 Å². The molecule has 1 amide bonds. The highest BCUT2D eigenvalue weighted by Gasteiger charge is 2.19. The maximum absolute atomic E-state index is 12.5. The molecular formula is C14H13BrN4OS. The number of thiazole rings is 1. The van der Waals surface area contributed by atoms with Crippen molar-refractivity contribution in [2.24, 2.45) is 0 Å². The van der Waals surface area contributed by atoms with E-state index in [1.165, 1.54) is 11.3 Å². The van der Waals surface area contributed by atoms with Crippen molar-refractivity contribution in [3.8, 4) is 0 Å². The Morgan fingerprint density at radius 1 is 1.38 bits per heavy atom. The molecule has 0 aromatic carbocycles. The quantitative estimate of drug-likeness (QED) is 0.753. The third-order valence-electron chi connectivity index (χ3n) is 3.10. The lowest BCUT2D eigenvalue weighted by Gasteiger charge is -2.05. The minimum atomic E-state index is -0.202. The highest BCUT2D eigenvalue weighted by molar-refractivity contribution is 9.10. The zero-order chi connectivity index (χ0) is 15.1. The van der Waals surface area contributed by atoms with E-state index in [-0.39, 0.29) is 5.91 Å². The van der Waals surface area contributed by atoms with Gasteiger partial charge in [-0.3, -0.25) is 14.5 Å². The SMILES string of the molecule is Cc1cnc(NC(=O)c2c(C)nc3c(C)cc(Br)cn23)s1. The largest absolute Gasteiger partial charge is 0.296 e. The van der Waals surface area contributed by atoms with E-state index in [1.54, 1.807) is 6.20 Å². The average molecular weight is 365 g/mol. The van der Waals surface area contributed by atoms with Crippen molar-refractivity contribution in [1.82, 2.24) is 14.4 Å². The van der Waals surface area contributed by atoms with E-state index in [2.05, 4.69) is 31.2 Å². The molecule has 5 nitrogen and oxygen atoms in total. The third-order valence-corrected chi connectivity index (χ3v) is 4.36. The number of carbonyl (C=O) groups excluding carboxylic acids is 1. The molecule has 0 atom stereocenters. The van der Waals surface area contributed by atoms with Gasteiger partial charge in [-0.2, -0.15) is 0 Å². The molecule has 0 unspecified atom stereocenters. The number of anilines is 1. The normalized spacial score (nSPS) is 11.0. The fourth-order valence-electron chi connectivity index (χ4n) is 2.22. The van der Waals surface area contributed by atoms with Gasteiger partial charge in [-0.15, -0.1) is 11.3 Å². The van der Waals surface area contributed by atoms with Gasteiger partial charge in [-0.1, -0.05) is 0 Å². The van der Waals surface area contributed by atoms with E-state index < -0.39 is 0 Å². The lowest BCUT2D eigenvalue weighted by molar-refractivity contribution is 0.102. The summed E-state index contributed by atoms with van der Waals surface area (Å²) < 4.78 is 2.72. The van der Waals surface area contributed by atoms with Crippen molar-refractivity contribution in [3.05, 3.63) is 44.8 Å². The zero-order valence-corrected chi connectivity index (χ0v) is 14.2. The van der Waals surface area contributed by atoms with Crippen LogP contribution in [0.4, 0.5) is 5.13 Å². The third kappa shape index (κ3) is 2.58. The summed E-state index contributed by atoms with van der Waals surface area (Å²) in [6.45, 7) is 5.76. The Morgan fingerprint density at radius 2 is 2.14 bits per heavy atom. The van der Waals surface area contributed by atoms with Crippen molar-refractivity contribution in [1.29, 1.82) is 0 Å². The Bertz CT molecular complexity index is 852. The minimum absolute atomic E-state index is 0.202. The van der Waals surface area contributed by atoms with Crippen LogP contribution >= 0.6 is 27.3 Å². The lowest BCUT2D eigenvalue weighted by Crippen LogP contribution is -2.15. The van der Waals surface area contributed by atoms with E-state index in [0.717, 1.165) is 20.6 Å². The number of carbonyl (C=O) groups is 1. The van der Waals surface area contributed by atoms with E-state index in [4.69, 9.17) is 0 Å². The Kier molecular flexibility index (Phi) is 3.54. The van der Waals surface area contributed by atoms with Crippen molar-refractivity contribution < 1.29 is 4.79 Å². The summed E-state index contributed by atoms with van der Waals surface area (Å²) in [6.07, 6.45) is 3.59. The van der Waals surface area contributed by atoms with Gasteiger partial charge in [0.05, 0.1) is 5.69 Å². The summed E-state index contributed by atoms with van der Waals surface area (Å²) in [5, 5.41) is 3.43. The molecule has 0 saturated heterocycles. The monoisotopic (exact) mass is 364 g/mol. The van der Waals surface area contributed by atoms with Crippen molar-refractivity contribution in [2.45, 2.75) is 20.8 Å². The summed E-state index contributed by atoms with van der Waals surface area (Å²) in [5.74, 6) is -0.202. The molecule has 0 saturated carbocycles.